The van der Waals surface area contributed by atoms with Gasteiger partial charge in [-0.25, -0.2) is 4.79 Å². The second kappa shape index (κ2) is 8.34. The Kier molecular flexibility index (Phi) is 6.42. The van der Waals surface area contributed by atoms with Gasteiger partial charge in [0.2, 0.25) is 0 Å². The van der Waals surface area contributed by atoms with Crippen molar-refractivity contribution < 1.29 is 24.2 Å². The molecule has 1 unspecified atom stereocenters. The summed E-state index contributed by atoms with van der Waals surface area (Å²) in [6.45, 7) is 6.66. The SMILES string of the molecule is CC(C)(C)OCCC(NC(=O)c1ccc(OCC2CC2)cc1)C(=O)O. The molecule has 25 heavy (non-hydrogen) atoms. The molecule has 138 valence electrons. The van der Waals surface area contributed by atoms with Crippen molar-refractivity contribution in [3.63, 3.8) is 0 Å². The quantitative estimate of drug-likeness (QED) is 0.716. The molecule has 0 radical (unpaired) electrons. The lowest BCUT2D eigenvalue weighted by molar-refractivity contribution is -0.140. The van der Waals surface area contributed by atoms with Crippen LogP contribution >= 0.6 is 0 Å². The highest BCUT2D eigenvalue weighted by Crippen LogP contribution is 2.29. The van der Waals surface area contributed by atoms with Crippen LogP contribution in [-0.2, 0) is 9.53 Å². The number of ether oxygens (including phenoxy) is 2. The Labute approximate surface area is 148 Å². The van der Waals surface area contributed by atoms with E-state index in [1.807, 2.05) is 20.8 Å². The predicted molar refractivity (Wildman–Crippen MR) is 93.9 cm³/mol. The Morgan fingerprint density at radius 1 is 1.24 bits per heavy atom. The molecule has 0 bridgehead atoms. The maximum atomic E-state index is 12.3. The molecule has 2 rings (SSSR count). The fourth-order valence-electron chi connectivity index (χ4n) is 2.18. The molecular weight excluding hydrogens is 322 g/mol. The highest BCUT2D eigenvalue weighted by atomic mass is 16.5. The largest absolute Gasteiger partial charge is 0.493 e. The van der Waals surface area contributed by atoms with Gasteiger partial charge >= 0.3 is 5.97 Å². The van der Waals surface area contributed by atoms with Gasteiger partial charge in [0.25, 0.3) is 5.91 Å². The summed E-state index contributed by atoms with van der Waals surface area (Å²) in [4.78, 5) is 23.6. The normalized spacial score (nSPS) is 15.5. The van der Waals surface area contributed by atoms with E-state index in [9.17, 15) is 14.7 Å². The molecule has 1 aliphatic rings. The van der Waals surface area contributed by atoms with Crippen LogP contribution in [0.25, 0.3) is 0 Å². The molecular formula is C19H27NO5. The van der Waals surface area contributed by atoms with Gasteiger partial charge in [-0.05, 0) is 63.8 Å². The van der Waals surface area contributed by atoms with Crippen LogP contribution in [0, 0.1) is 5.92 Å². The molecule has 0 aromatic heterocycles. The smallest absolute Gasteiger partial charge is 0.326 e. The van der Waals surface area contributed by atoms with Crippen molar-refractivity contribution in [2.45, 2.75) is 51.7 Å². The average Bonchev–Trinajstić information content (AvgIpc) is 3.35. The van der Waals surface area contributed by atoms with Crippen LogP contribution in [-0.4, -0.2) is 41.8 Å². The van der Waals surface area contributed by atoms with Gasteiger partial charge in [-0.1, -0.05) is 0 Å². The lowest BCUT2D eigenvalue weighted by atomic mass is 10.1. The van der Waals surface area contributed by atoms with E-state index in [4.69, 9.17) is 9.47 Å². The van der Waals surface area contributed by atoms with Crippen LogP contribution < -0.4 is 10.1 Å². The molecule has 1 aromatic carbocycles. The Morgan fingerprint density at radius 2 is 1.88 bits per heavy atom. The van der Waals surface area contributed by atoms with Crippen molar-refractivity contribution in [1.29, 1.82) is 0 Å². The first-order valence-electron chi connectivity index (χ1n) is 8.65. The molecule has 6 heteroatoms. The molecule has 1 aliphatic carbocycles. The number of amides is 1. The van der Waals surface area contributed by atoms with Crippen LogP contribution in [0.15, 0.2) is 24.3 Å². The summed E-state index contributed by atoms with van der Waals surface area (Å²) < 4.78 is 11.2. The highest BCUT2D eigenvalue weighted by Gasteiger charge is 2.23. The lowest BCUT2D eigenvalue weighted by Gasteiger charge is -2.21. The number of carboxylic acids is 1. The Hall–Kier alpha value is -2.08. The summed E-state index contributed by atoms with van der Waals surface area (Å²) in [5.74, 6) is -0.112. The second-order valence-corrected chi connectivity index (χ2v) is 7.39. The van der Waals surface area contributed by atoms with E-state index in [-0.39, 0.29) is 18.6 Å². The van der Waals surface area contributed by atoms with Crippen molar-refractivity contribution in [2.75, 3.05) is 13.2 Å². The predicted octanol–water partition coefficient (Wildman–Crippen LogP) is 2.86. The third kappa shape index (κ3) is 7.13. The summed E-state index contributed by atoms with van der Waals surface area (Å²) >= 11 is 0. The van der Waals surface area contributed by atoms with Gasteiger partial charge < -0.3 is 19.9 Å². The number of carboxylic acid groups (broad SMARTS) is 1. The average molecular weight is 349 g/mol. The minimum absolute atomic E-state index is 0.209. The molecule has 1 saturated carbocycles. The van der Waals surface area contributed by atoms with Crippen LogP contribution in [0.3, 0.4) is 0 Å². The number of carbonyl (C=O) groups is 2. The van der Waals surface area contributed by atoms with E-state index in [0.29, 0.717) is 18.1 Å². The standard InChI is InChI=1S/C19H27NO5/c1-19(2,3)25-11-10-16(18(22)23)20-17(21)14-6-8-15(9-7-14)24-12-13-4-5-13/h6-9,13,16H,4-5,10-12H2,1-3H3,(H,20,21)(H,22,23). The molecule has 0 saturated heterocycles. The molecule has 1 aromatic rings. The van der Waals surface area contributed by atoms with Crippen molar-refractivity contribution in [3.8, 4) is 5.75 Å². The van der Waals surface area contributed by atoms with Crippen molar-refractivity contribution >= 4 is 11.9 Å². The fraction of sp³-hybridized carbons (Fsp3) is 0.579. The zero-order chi connectivity index (χ0) is 18.4. The number of carbonyl (C=O) groups excluding carboxylic acids is 1. The monoisotopic (exact) mass is 349 g/mol. The van der Waals surface area contributed by atoms with E-state index in [1.54, 1.807) is 24.3 Å². The van der Waals surface area contributed by atoms with E-state index in [2.05, 4.69) is 5.32 Å². The molecule has 0 heterocycles. The van der Waals surface area contributed by atoms with Gasteiger partial charge in [-0.2, -0.15) is 0 Å². The maximum Gasteiger partial charge on any atom is 0.326 e. The van der Waals surface area contributed by atoms with E-state index in [1.165, 1.54) is 12.8 Å². The zero-order valence-corrected chi connectivity index (χ0v) is 15.1. The van der Waals surface area contributed by atoms with E-state index >= 15 is 0 Å². The molecule has 2 N–H and O–H groups in total. The number of rotatable bonds is 9. The molecule has 6 nitrogen and oxygen atoms in total. The van der Waals surface area contributed by atoms with E-state index < -0.39 is 17.9 Å². The zero-order valence-electron chi connectivity index (χ0n) is 15.1. The molecule has 0 spiro atoms. The van der Waals surface area contributed by atoms with Crippen molar-refractivity contribution in [3.05, 3.63) is 29.8 Å². The highest BCUT2D eigenvalue weighted by molar-refractivity contribution is 5.96. The number of hydrogen-bond donors (Lipinski definition) is 2. The third-order valence-corrected chi connectivity index (χ3v) is 3.84. The van der Waals surface area contributed by atoms with Gasteiger partial charge in [0, 0.05) is 18.6 Å². The van der Waals surface area contributed by atoms with Gasteiger partial charge in [0.1, 0.15) is 11.8 Å². The first kappa shape index (κ1) is 19.2. The summed E-state index contributed by atoms with van der Waals surface area (Å²) in [6.07, 6.45) is 2.65. The topological polar surface area (TPSA) is 84.9 Å². The Morgan fingerprint density at radius 3 is 2.40 bits per heavy atom. The summed E-state index contributed by atoms with van der Waals surface area (Å²) in [6, 6.07) is 5.76. The summed E-state index contributed by atoms with van der Waals surface area (Å²) in [5.41, 5.74) is 0.0605. The van der Waals surface area contributed by atoms with E-state index in [0.717, 1.165) is 5.75 Å². The minimum atomic E-state index is -1.07. The lowest BCUT2D eigenvalue weighted by Crippen LogP contribution is -2.42. The van der Waals surface area contributed by atoms with Crippen LogP contribution in [0.4, 0.5) is 0 Å². The second-order valence-electron chi connectivity index (χ2n) is 7.39. The maximum absolute atomic E-state index is 12.3. The van der Waals surface area contributed by atoms with Crippen LogP contribution in [0.5, 0.6) is 5.75 Å². The first-order chi connectivity index (χ1) is 11.7. The summed E-state index contributed by atoms with van der Waals surface area (Å²) in [5, 5.41) is 11.8. The van der Waals surface area contributed by atoms with Gasteiger partial charge in [-0.3, -0.25) is 4.79 Å². The van der Waals surface area contributed by atoms with Gasteiger partial charge in [-0.15, -0.1) is 0 Å². The first-order valence-corrected chi connectivity index (χ1v) is 8.65. The van der Waals surface area contributed by atoms with Crippen molar-refractivity contribution in [2.24, 2.45) is 5.92 Å². The van der Waals surface area contributed by atoms with Gasteiger partial charge in [0.15, 0.2) is 0 Å². The molecule has 1 atom stereocenters. The third-order valence-electron chi connectivity index (χ3n) is 3.84. The molecule has 0 aliphatic heterocycles. The number of aliphatic carboxylic acids is 1. The number of nitrogens with one attached hydrogen (secondary N) is 1. The fourth-order valence-corrected chi connectivity index (χ4v) is 2.18. The minimum Gasteiger partial charge on any atom is -0.493 e. The number of hydrogen-bond acceptors (Lipinski definition) is 4. The Balaban J connectivity index is 1.85. The van der Waals surface area contributed by atoms with Crippen LogP contribution in [0.2, 0.25) is 0 Å². The van der Waals surface area contributed by atoms with Gasteiger partial charge in [0.05, 0.1) is 12.2 Å². The van der Waals surface area contributed by atoms with Crippen LogP contribution in [0.1, 0.15) is 50.4 Å². The summed E-state index contributed by atoms with van der Waals surface area (Å²) in [7, 11) is 0. The Bertz CT molecular complexity index is 587. The number of benzene rings is 1. The molecule has 1 amide bonds. The van der Waals surface area contributed by atoms with Crippen molar-refractivity contribution in [1.82, 2.24) is 5.32 Å². The molecule has 1 fully saturated rings.